The Morgan fingerprint density at radius 3 is 2.69 bits per heavy atom. The van der Waals surface area contributed by atoms with Gasteiger partial charge in [0.05, 0.1) is 5.39 Å². The number of carbonyl (C=O) groups excluding carboxylic acids is 3. The average Bonchev–Trinajstić information content (AvgIpc) is 3.55. The molecular formula is C30H37N5O4. The van der Waals surface area contributed by atoms with Crippen LogP contribution in [-0.4, -0.2) is 78.9 Å². The third kappa shape index (κ3) is 5.83. The number of para-hydroxylation sites is 1. The highest BCUT2D eigenvalue weighted by atomic mass is 16.5. The number of hydrogen-bond acceptors (Lipinski definition) is 7. The highest BCUT2D eigenvalue weighted by Crippen LogP contribution is 2.30. The zero-order valence-corrected chi connectivity index (χ0v) is 22.6. The van der Waals surface area contributed by atoms with Crippen molar-refractivity contribution in [1.82, 2.24) is 20.3 Å². The van der Waals surface area contributed by atoms with Gasteiger partial charge in [-0.25, -0.2) is 0 Å². The number of piperazine rings is 1. The van der Waals surface area contributed by atoms with Gasteiger partial charge in [-0.1, -0.05) is 35.8 Å². The van der Waals surface area contributed by atoms with Crippen molar-refractivity contribution >= 4 is 34.9 Å². The van der Waals surface area contributed by atoms with Gasteiger partial charge in [0.25, 0.3) is 5.91 Å². The molecule has 206 valence electrons. The SMILES string of the molecule is CNC(=O)C(CCC=O)N1Cc2c(CCCCCN3CCN(c4noc5ccccc45)CC3)cccc2C1=O. The van der Waals surface area contributed by atoms with Gasteiger partial charge in [0.15, 0.2) is 11.4 Å². The lowest BCUT2D eigenvalue weighted by atomic mass is 9.98. The van der Waals surface area contributed by atoms with Gasteiger partial charge in [-0.15, -0.1) is 0 Å². The molecule has 2 aliphatic rings. The lowest BCUT2D eigenvalue weighted by Gasteiger charge is -2.34. The Balaban J connectivity index is 1.08. The summed E-state index contributed by atoms with van der Waals surface area (Å²) >= 11 is 0. The number of fused-ring (bicyclic) bond motifs is 2. The zero-order chi connectivity index (χ0) is 27.2. The predicted molar refractivity (Wildman–Crippen MR) is 150 cm³/mol. The molecule has 1 saturated heterocycles. The second-order valence-electron chi connectivity index (χ2n) is 10.4. The Morgan fingerprint density at radius 1 is 1.08 bits per heavy atom. The van der Waals surface area contributed by atoms with Crippen LogP contribution in [0, 0.1) is 0 Å². The van der Waals surface area contributed by atoms with E-state index < -0.39 is 6.04 Å². The first-order valence-electron chi connectivity index (χ1n) is 14.0. The number of unbranched alkanes of at least 4 members (excludes halogenated alkanes) is 2. The molecule has 1 unspecified atom stereocenters. The zero-order valence-electron chi connectivity index (χ0n) is 22.6. The molecule has 0 radical (unpaired) electrons. The Bertz CT molecular complexity index is 1310. The summed E-state index contributed by atoms with van der Waals surface area (Å²) in [5.74, 6) is 0.599. The van der Waals surface area contributed by atoms with Crippen molar-refractivity contribution in [3.63, 3.8) is 0 Å². The van der Waals surface area contributed by atoms with Gasteiger partial charge in [0.2, 0.25) is 5.91 Å². The number of benzene rings is 2. The maximum Gasteiger partial charge on any atom is 0.255 e. The Morgan fingerprint density at radius 2 is 1.90 bits per heavy atom. The molecule has 1 N–H and O–H groups in total. The quantitative estimate of drug-likeness (QED) is 0.282. The van der Waals surface area contributed by atoms with Crippen LogP contribution in [-0.2, 0) is 22.6 Å². The third-order valence-electron chi connectivity index (χ3n) is 8.03. The number of rotatable bonds is 12. The van der Waals surface area contributed by atoms with E-state index in [1.807, 2.05) is 30.3 Å². The lowest BCUT2D eigenvalue weighted by molar-refractivity contribution is -0.125. The van der Waals surface area contributed by atoms with Gasteiger partial charge in [-0.05, 0) is 61.6 Å². The smallest absolute Gasteiger partial charge is 0.255 e. The number of nitrogens with one attached hydrogen (secondary N) is 1. The summed E-state index contributed by atoms with van der Waals surface area (Å²) in [5, 5.41) is 8.02. The van der Waals surface area contributed by atoms with Crippen molar-refractivity contribution in [2.45, 2.75) is 51.1 Å². The molecule has 2 aliphatic heterocycles. The van der Waals surface area contributed by atoms with E-state index in [0.29, 0.717) is 18.5 Å². The van der Waals surface area contributed by atoms with Gasteiger partial charge in [-0.2, -0.15) is 0 Å². The maximum absolute atomic E-state index is 13.1. The molecule has 5 rings (SSSR count). The second-order valence-corrected chi connectivity index (χ2v) is 10.4. The Hall–Kier alpha value is -3.72. The minimum Gasteiger partial charge on any atom is -0.357 e. The number of hydrogen-bond donors (Lipinski definition) is 1. The van der Waals surface area contributed by atoms with Crippen molar-refractivity contribution in [3.05, 3.63) is 59.2 Å². The number of nitrogens with zero attached hydrogens (tertiary/aromatic N) is 4. The molecular weight excluding hydrogens is 494 g/mol. The fourth-order valence-corrected chi connectivity index (χ4v) is 5.84. The predicted octanol–water partition coefficient (Wildman–Crippen LogP) is 3.41. The molecule has 1 atom stereocenters. The summed E-state index contributed by atoms with van der Waals surface area (Å²) in [6.07, 6.45) is 5.61. The molecule has 3 aromatic rings. The van der Waals surface area contributed by atoms with Crippen LogP contribution in [0.4, 0.5) is 5.82 Å². The molecule has 0 saturated carbocycles. The summed E-state index contributed by atoms with van der Waals surface area (Å²) < 4.78 is 5.48. The van der Waals surface area contributed by atoms with Gasteiger partial charge in [0.1, 0.15) is 12.3 Å². The van der Waals surface area contributed by atoms with Crippen LogP contribution >= 0.6 is 0 Å². The van der Waals surface area contributed by atoms with Crippen molar-refractivity contribution in [1.29, 1.82) is 0 Å². The summed E-state index contributed by atoms with van der Waals surface area (Å²) in [4.78, 5) is 43.0. The number of aromatic nitrogens is 1. The molecule has 0 aliphatic carbocycles. The van der Waals surface area contributed by atoms with E-state index in [2.05, 4.69) is 32.4 Å². The molecule has 39 heavy (non-hydrogen) atoms. The van der Waals surface area contributed by atoms with Crippen LogP contribution in [0.2, 0.25) is 0 Å². The number of amides is 2. The van der Waals surface area contributed by atoms with Crippen molar-refractivity contribution < 1.29 is 18.9 Å². The highest BCUT2D eigenvalue weighted by molar-refractivity contribution is 6.01. The first kappa shape index (κ1) is 26.9. The largest absolute Gasteiger partial charge is 0.357 e. The normalized spacial score (nSPS) is 16.5. The highest BCUT2D eigenvalue weighted by Gasteiger charge is 2.36. The number of anilines is 1. The van der Waals surface area contributed by atoms with E-state index in [4.69, 9.17) is 4.52 Å². The monoisotopic (exact) mass is 531 g/mol. The molecule has 0 bridgehead atoms. The molecule has 9 heteroatoms. The summed E-state index contributed by atoms with van der Waals surface area (Å²) in [7, 11) is 1.56. The van der Waals surface area contributed by atoms with Gasteiger partial charge in [-0.3, -0.25) is 14.5 Å². The van der Waals surface area contributed by atoms with Crippen molar-refractivity contribution in [2.75, 3.05) is 44.7 Å². The average molecular weight is 532 g/mol. The summed E-state index contributed by atoms with van der Waals surface area (Å²) in [6.45, 7) is 5.43. The molecule has 2 aromatic carbocycles. The third-order valence-corrected chi connectivity index (χ3v) is 8.03. The van der Waals surface area contributed by atoms with Gasteiger partial charge >= 0.3 is 0 Å². The Labute approximate surface area is 229 Å². The second kappa shape index (κ2) is 12.4. The van der Waals surface area contributed by atoms with Gasteiger partial charge in [0, 0.05) is 51.8 Å². The van der Waals surface area contributed by atoms with E-state index in [9.17, 15) is 14.4 Å². The van der Waals surface area contributed by atoms with Crippen LogP contribution in [0.5, 0.6) is 0 Å². The molecule has 1 fully saturated rings. The number of aryl methyl sites for hydroxylation is 1. The Kier molecular flexibility index (Phi) is 8.56. The molecule has 3 heterocycles. The number of likely N-dealkylation sites (N-methyl/N-ethyl adjacent to an activating group) is 1. The topological polar surface area (TPSA) is 99.0 Å². The minimum atomic E-state index is -0.628. The molecule has 0 spiro atoms. The van der Waals surface area contributed by atoms with Gasteiger partial charge < -0.3 is 24.4 Å². The first-order valence-corrected chi connectivity index (χ1v) is 14.0. The number of carbonyl (C=O) groups is 3. The van der Waals surface area contributed by atoms with E-state index in [1.54, 1.807) is 11.9 Å². The van der Waals surface area contributed by atoms with Crippen LogP contribution in [0.25, 0.3) is 11.0 Å². The maximum atomic E-state index is 13.1. The van der Waals surface area contributed by atoms with Crippen molar-refractivity contribution in [3.8, 4) is 0 Å². The standard InChI is InChI=1S/C30H37N5O4/c1-31-29(37)26(13-8-20-36)35-21-25-22(10-7-12-23(25)30(35)38)9-3-2-6-15-33-16-18-34(19-17-33)28-24-11-4-5-14-27(24)39-32-28/h4-5,7,10-12,14,20,26H,2-3,6,8-9,13,15-19,21H2,1H3,(H,31,37). The van der Waals surface area contributed by atoms with E-state index in [-0.39, 0.29) is 18.2 Å². The fraction of sp³-hybridized carbons (Fsp3) is 0.467. The van der Waals surface area contributed by atoms with Crippen LogP contribution in [0.1, 0.15) is 53.6 Å². The molecule has 9 nitrogen and oxygen atoms in total. The van der Waals surface area contributed by atoms with E-state index in [1.165, 1.54) is 5.56 Å². The van der Waals surface area contributed by atoms with Crippen molar-refractivity contribution in [2.24, 2.45) is 0 Å². The van der Waals surface area contributed by atoms with E-state index >= 15 is 0 Å². The summed E-state index contributed by atoms with van der Waals surface area (Å²) in [6, 6.07) is 13.3. The first-order chi connectivity index (χ1) is 19.1. The van der Waals surface area contributed by atoms with Crippen LogP contribution in [0.3, 0.4) is 0 Å². The van der Waals surface area contributed by atoms with E-state index in [0.717, 1.165) is 87.0 Å². The minimum absolute atomic E-state index is 0.121. The molecule has 2 amide bonds. The van der Waals surface area contributed by atoms with Crippen LogP contribution in [0.15, 0.2) is 47.0 Å². The fourth-order valence-electron chi connectivity index (χ4n) is 5.84. The van der Waals surface area contributed by atoms with Crippen LogP contribution < -0.4 is 10.2 Å². The lowest BCUT2D eigenvalue weighted by Crippen LogP contribution is -2.46. The molecule has 1 aromatic heterocycles. The summed E-state index contributed by atoms with van der Waals surface area (Å²) in [5.41, 5.74) is 3.73. The number of aldehydes is 1.